The van der Waals surface area contributed by atoms with E-state index in [-0.39, 0.29) is 18.6 Å². The number of hydrogen-bond acceptors (Lipinski definition) is 7. The summed E-state index contributed by atoms with van der Waals surface area (Å²) in [7, 11) is 0. The number of carbonyl (C=O) groups excluding carboxylic acids is 2. The van der Waals surface area contributed by atoms with Crippen LogP contribution in [0.5, 0.6) is 11.5 Å². The van der Waals surface area contributed by atoms with Gasteiger partial charge in [0.05, 0.1) is 0 Å². The maximum Gasteiger partial charge on any atom is 0.270 e. The number of amides is 2. The zero-order chi connectivity index (χ0) is 19.3. The van der Waals surface area contributed by atoms with Crippen molar-refractivity contribution in [2.45, 2.75) is 19.3 Å². The molecule has 28 heavy (non-hydrogen) atoms. The van der Waals surface area contributed by atoms with E-state index in [2.05, 4.69) is 20.5 Å². The molecule has 0 atom stereocenters. The van der Waals surface area contributed by atoms with Crippen LogP contribution in [-0.4, -0.2) is 54.7 Å². The van der Waals surface area contributed by atoms with Crippen LogP contribution in [0.2, 0.25) is 0 Å². The number of fused-ring (bicyclic) bond motifs is 1. The Balaban J connectivity index is 1.28. The molecule has 2 N–H and O–H groups in total. The van der Waals surface area contributed by atoms with Crippen molar-refractivity contribution in [1.29, 1.82) is 0 Å². The van der Waals surface area contributed by atoms with Crippen LogP contribution in [0.15, 0.2) is 23.6 Å². The highest BCUT2D eigenvalue weighted by Gasteiger charge is 2.18. The lowest BCUT2D eigenvalue weighted by Crippen LogP contribution is -2.37. The van der Waals surface area contributed by atoms with Crippen LogP contribution in [-0.2, 0) is 0 Å². The van der Waals surface area contributed by atoms with Crippen molar-refractivity contribution in [1.82, 2.24) is 15.2 Å². The summed E-state index contributed by atoms with van der Waals surface area (Å²) in [6.07, 6.45) is 3.75. The number of nitrogens with one attached hydrogen (secondary N) is 2. The second-order valence-corrected chi connectivity index (χ2v) is 7.58. The molecule has 0 saturated carbocycles. The third-order valence-corrected chi connectivity index (χ3v) is 5.51. The maximum absolute atomic E-state index is 12.4. The van der Waals surface area contributed by atoms with E-state index in [0.29, 0.717) is 34.4 Å². The van der Waals surface area contributed by atoms with E-state index in [1.54, 1.807) is 23.6 Å². The molecule has 2 aromatic rings. The van der Waals surface area contributed by atoms with Crippen LogP contribution in [0.25, 0.3) is 0 Å². The minimum Gasteiger partial charge on any atom is -0.454 e. The second kappa shape index (κ2) is 8.57. The third kappa shape index (κ3) is 4.42. The quantitative estimate of drug-likeness (QED) is 0.771. The molecule has 0 unspecified atom stereocenters. The molecule has 0 spiro atoms. The molecule has 0 radical (unpaired) electrons. The van der Waals surface area contributed by atoms with E-state index in [9.17, 15) is 9.59 Å². The van der Waals surface area contributed by atoms with E-state index >= 15 is 0 Å². The standard InChI is InChI=1S/C19H22N4O4S/c24-17(13-4-5-15-16(10-13)27-12-26-15)22-19-21-14(11-28-19)18(25)20-6-9-23-7-2-1-3-8-23/h4-5,10-11H,1-3,6-9,12H2,(H,20,25)(H,21,22,24). The van der Waals surface area contributed by atoms with Gasteiger partial charge in [-0.25, -0.2) is 4.98 Å². The summed E-state index contributed by atoms with van der Waals surface area (Å²) in [6, 6.07) is 4.98. The van der Waals surface area contributed by atoms with Gasteiger partial charge in [-0.15, -0.1) is 11.3 Å². The Bertz CT molecular complexity index is 863. The number of likely N-dealkylation sites (tertiary alicyclic amines) is 1. The van der Waals surface area contributed by atoms with Gasteiger partial charge in [0.1, 0.15) is 5.69 Å². The molecule has 2 aliphatic heterocycles. The summed E-state index contributed by atoms with van der Waals surface area (Å²) in [6.45, 7) is 3.80. The lowest BCUT2D eigenvalue weighted by atomic mass is 10.1. The molecule has 2 amide bonds. The molecule has 1 fully saturated rings. The van der Waals surface area contributed by atoms with Gasteiger partial charge in [-0.1, -0.05) is 6.42 Å². The van der Waals surface area contributed by atoms with Gasteiger partial charge < -0.3 is 19.7 Å². The Morgan fingerprint density at radius 3 is 2.79 bits per heavy atom. The van der Waals surface area contributed by atoms with E-state index in [1.807, 2.05) is 0 Å². The molecule has 0 bridgehead atoms. The van der Waals surface area contributed by atoms with Gasteiger partial charge >= 0.3 is 0 Å². The molecule has 3 heterocycles. The fraction of sp³-hybridized carbons (Fsp3) is 0.421. The summed E-state index contributed by atoms with van der Waals surface area (Å²) in [4.78, 5) is 31.2. The van der Waals surface area contributed by atoms with Crippen molar-refractivity contribution in [2.24, 2.45) is 0 Å². The summed E-state index contributed by atoms with van der Waals surface area (Å²) < 4.78 is 10.5. The molecule has 2 aliphatic rings. The fourth-order valence-electron chi connectivity index (χ4n) is 3.24. The summed E-state index contributed by atoms with van der Waals surface area (Å²) in [5, 5.41) is 7.63. The highest BCUT2D eigenvalue weighted by molar-refractivity contribution is 7.14. The molecule has 9 heteroatoms. The highest BCUT2D eigenvalue weighted by atomic mass is 32.1. The number of carbonyl (C=O) groups is 2. The Hall–Kier alpha value is -2.65. The number of benzene rings is 1. The van der Waals surface area contributed by atoms with Gasteiger partial charge in [-0.2, -0.15) is 0 Å². The maximum atomic E-state index is 12.4. The number of hydrogen-bond donors (Lipinski definition) is 2. The predicted molar refractivity (Wildman–Crippen MR) is 105 cm³/mol. The minimum atomic E-state index is -0.315. The lowest BCUT2D eigenvalue weighted by Gasteiger charge is -2.26. The molecule has 148 valence electrons. The number of anilines is 1. The molecule has 4 rings (SSSR count). The van der Waals surface area contributed by atoms with E-state index in [0.717, 1.165) is 19.6 Å². The molecular weight excluding hydrogens is 380 g/mol. The number of thiazole rings is 1. The lowest BCUT2D eigenvalue weighted by molar-refractivity contribution is 0.0941. The van der Waals surface area contributed by atoms with Crippen LogP contribution in [0.1, 0.15) is 40.1 Å². The first-order valence-electron chi connectivity index (χ1n) is 9.36. The van der Waals surface area contributed by atoms with E-state index < -0.39 is 0 Å². The van der Waals surface area contributed by atoms with E-state index in [1.165, 1.54) is 30.6 Å². The van der Waals surface area contributed by atoms with Crippen molar-refractivity contribution < 1.29 is 19.1 Å². The number of aromatic nitrogens is 1. The first-order chi connectivity index (χ1) is 13.7. The van der Waals surface area contributed by atoms with Gasteiger partial charge in [0.2, 0.25) is 6.79 Å². The highest BCUT2D eigenvalue weighted by Crippen LogP contribution is 2.32. The number of ether oxygens (including phenoxy) is 2. The van der Waals surface area contributed by atoms with Crippen molar-refractivity contribution in [3.05, 3.63) is 34.8 Å². The molecule has 1 saturated heterocycles. The Morgan fingerprint density at radius 2 is 1.93 bits per heavy atom. The van der Waals surface area contributed by atoms with Gasteiger partial charge in [0.15, 0.2) is 16.6 Å². The largest absolute Gasteiger partial charge is 0.454 e. The van der Waals surface area contributed by atoms with Gasteiger partial charge in [-0.05, 0) is 44.1 Å². The van der Waals surface area contributed by atoms with Crippen LogP contribution in [0.3, 0.4) is 0 Å². The van der Waals surface area contributed by atoms with Crippen molar-refractivity contribution in [3.8, 4) is 11.5 Å². The van der Waals surface area contributed by atoms with Gasteiger partial charge in [-0.3, -0.25) is 14.9 Å². The van der Waals surface area contributed by atoms with Crippen LogP contribution in [0.4, 0.5) is 5.13 Å². The molecule has 0 aliphatic carbocycles. The predicted octanol–water partition coefficient (Wildman–Crippen LogP) is 2.34. The Kier molecular flexibility index (Phi) is 5.73. The van der Waals surface area contributed by atoms with Crippen molar-refractivity contribution >= 4 is 28.3 Å². The number of rotatable bonds is 6. The van der Waals surface area contributed by atoms with Crippen molar-refractivity contribution in [3.63, 3.8) is 0 Å². The topological polar surface area (TPSA) is 92.8 Å². The summed E-state index contributed by atoms with van der Waals surface area (Å²) in [5.41, 5.74) is 0.747. The molecule has 1 aromatic heterocycles. The monoisotopic (exact) mass is 402 g/mol. The molecule has 1 aromatic carbocycles. The Labute approximate surface area is 166 Å². The summed E-state index contributed by atoms with van der Waals surface area (Å²) >= 11 is 1.22. The normalized spacial score (nSPS) is 16.0. The SMILES string of the molecule is O=C(Nc1nc(C(=O)NCCN2CCCCC2)cs1)c1ccc2c(c1)OCO2. The fourth-order valence-corrected chi connectivity index (χ4v) is 3.93. The zero-order valence-electron chi connectivity index (χ0n) is 15.4. The van der Waals surface area contributed by atoms with Crippen LogP contribution >= 0.6 is 11.3 Å². The first kappa shape index (κ1) is 18.7. The zero-order valence-corrected chi connectivity index (χ0v) is 16.2. The average molecular weight is 402 g/mol. The average Bonchev–Trinajstić information content (AvgIpc) is 3.37. The summed E-state index contributed by atoms with van der Waals surface area (Å²) in [5.74, 6) is 0.622. The van der Waals surface area contributed by atoms with Gasteiger partial charge in [0, 0.05) is 24.0 Å². The van der Waals surface area contributed by atoms with Crippen molar-refractivity contribution in [2.75, 3.05) is 38.3 Å². The molecular formula is C19H22N4O4S. The van der Waals surface area contributed by atoms with Crippen LogP contribution < -0.4 is 20.1 Å². The smallest absolute Gasteiger partial charge is 0.270 e. The second-order valence-electron chi connectivity index (χ2n) is 6.72. The number of nitrogens with zero attached hydrogens (tertiary/aromatic N) is 2. The minimum absolute atomic E-state index is 0.156. The Morgan fingerprint density at radius 1 is 1.11 bits per heavy atom. The van der Waals surface area contributed by atoms with Crippen LogP contribution in [0, 0.1) is 0 Å². The molecule has 8 nitrogen and oxygen atoms in total. The number of piperidine rings is 1. The third-order valence-electron chi connectivity index (χ3n) is 4.75. The van der Waals surface area contributed by atoms with E-state index in [4.69, 9.17) is 9.47 Å². The first-order valence-corrected chi connectivity index (χ1v) is 10.2. The van der Waals surface area contributed by atoms with Gasteiger partial charge in [0.25, 0.3) is 11.8 Å².